The molecule has 0 saturated carbocycles. The largest absolute Gasteiger partial charge is 0.468 e. The molecule has 1 aromatic heterocycles. The highest BCUT2D eigenvalue weighted by Gasteiger charge is 2.17. The van der Waals surface area contributed by atoms with E-state index in [4.69, 9.17) is 4.74 Å². The second kappa shape index (κ2) is 10.5. The van der Waals surface area contributed by atoms with Gasteiger partial charge in [-0.1, -0.05) is 11.3 Å². The van der Waals surface area contributed by atoms with Gasteiger partial charge in [-0.3, -0.25) is 14.3 Å². The normalized spacial score (nSPS) is 12.4. The smallest absolute Gasteiger partial charge is 0.325 e. The second-order valence-corrected chi connectivity index (χ2v) is 12.7. The van der Waals surface area contributed by atoms with Gasteiger partial charge in [-0.05, 0) is 66.7 Å². The molecule has 38 heavy (non-hydrogen) atoms. The number of sulfone groups is 1. The lowest BCUT2D eigenvalue weighted by Crippen LogP contribution is -2.22. The number of anilines is 1. The van der Waals surface area contributed by atoms with Crippen molar-refractivity contribution < 1.29 is 35.6 Å². The van der Waals surface area contributed by atoms with Crippen molar-refractivity contribution in [1.82, 2.24) is 4.57 Å². The molecular weight excluding hydrogens is 557 g/mol. The predicted molar refractivity (Wildman–Crippen MR) is 138 cm³/mol. The zero-order valence-electron chi connectivity index (χ0n) is 19.9. The van der Waals surface area contributed by atoms with E-state index in [9.17, 15) is 30.8 Å². The number of benzene rings is 3. The zero-order chi connectivity index (χ0) is 27.7. The van der Waals surface area contributed by atoms with Crippen LogP contribution in [0, 0.1) is 5.82 Å². The van der Waals surface area contributed by atoms with Gasteiger partial charge in [-0.2, -0.15) is 4.99 Å². The number of esters is 1. The lowest BCUT2D eigenvalue weighted by molar-refractivity contribution is -0.141. The predicted octanol–water partition coefficient (Wildman–Crippen LogP) is 2.96. The van der Waals surface area contributed by atoms with Crippen LogP contribution in [-0.4, -0.2) is 46.6 Å². The number of thiazole rings is 1. The van der Waals surface area contributed by atoms with Crippen molar-refractivity contribution in [3.63, 3.8) is 0 Å². The molecule has 3 aromatic carbocycles. The number of fused-ring (bicyclic) bond motifs is 1. The summed E-state index contributed by atoms with van der Waals surface area (Å²) in [6, 6.07) is 14.2. The molecule has 0 unspecified atom stereocenters. The number of amides is 1. The number of methoxy groups -OCH3 is 1. The fraction of sp³-hybridized carbons (Fsp3) is 0.125. The van der Waals surface area contributed by atoms with Gasteiger partial charge >= 0.3 is 5.97 Å². The Morgan fingerprint density at radius 3 is 2.21 bits per heavy atom. The van der Waals surface area contributed by atoms with Crippen LogP contribution in [0.15, 0.2) is 81.5 Å². The van der Waals surface area contributed by atoms with Gasteiger partial charge in [-0.15, -0.1) is 0 Å². The van der Waals surface area contributed by atoms with E-state index in [1.807, 2.05) is 0 Å². The molecule has 4 aromatic rings. The number of hydrogen-bond acceptors (Lipinski definition) is 8. The highest BCUT2D eigenvalue weighted by Crippen LogP contribution is 2.22. The molecule has 1 N–H and O–H groups in total. The summed E-state index contributed by atoms with van der Waals surface area (Å²) in [7, 11) is -6.24. The fourth-order valence-corrected chi connectivity index (χ4v) is 6.22. The maximum absolute atomic E-state index is 13.1. The monoisotopic (exact) mass is 577 g/mol. The minimum Gasteiger partial charge on any atom is -0.468 e. The van der Waals surface area contributed by atoms with Crippen molar-refractivity contribution in [1.29, 1.82) is 0 Å². The molecule has 0 aliphatic heterocycles. The summed E-state index contributed by atoms with van der Waals surface area (Å²) in [5.41, 5.74) is 0.792. The molecule has 0 aliphatic carbocycles. The van der Waals surface area contributed by atoms with E-state index in [0.29, 0.717) is 10.2 Å². The van der Waals surface area contributed by atoms with Crippen molar-refractivity contribution in [2.45, 2.75) is 16.3 Å². The van der Waals surface area contributed by atoms with Crippen LogP contribution in [0.3, 0.4) is 0 Å². The minimum absolute atomic E-state index is 0.0769. The average molecular weight is 578 g/mol. The van der Waals surface area contributed by atoms with Gasteiger partial charge in [0, 0.05) is 17.5 Å². The maximum Gasteiger partial charge on any atom is 0.325 e. The Morgan fingerprint density at radius 2 is 1.61 bits per heavy atom. The number of nitrogens with one attached hydrogen (secondary N) is 1. The third-order valence-electron chi connectivity index (χ3n) is 5.30. The standard InChI is InChI=1S/C24H20FN3O7S3/c1-35-22(29)14-28-20-12-11-19(37(2,31)32)13-21(20)36-24(28)26-23(30)15-3-7-17(8-4-15)27-38(33,34)18-9-5-16(25)6-10-18/h3-13,27H,14H2,1-2H3. The van der Waals surface area contributed by atoms with Gasteiger partial charge in [0.25, 0.3) is 15.9 Å². The molecular formula is C24H20FN3O7S3. The van der Waals surface area contributed by atoms with Crippen molar-refractivity contribution in [3.05, 3.63) is 82.9 Å². The Labute approximate surface area is 221 Å². The highest BCUT2D eigenvalue weighted by molar-refractivity contribution is 7.92. The molecule has 4 rings (SSSR count). The quantitative estimate of drug-likeness (QED) is 0.333. The number of halogens is 1. The van der Waals surface area contributed by atoms with E-state index >= 15 is 0 Å². The van der Waals surface area contributed by atoms with Crippen molar-refractivity contribution >= 4 is 59.0 Å². The summed E-state index contributed by atoms with van der Waals surface area (Å²) in [5.74, 6) is -1.84. The molecule has 1 heterocycles. The van der Waals surface area contributed by atoms with Crippen LogP contribution in [0.5, 0.6) is 0 Å². The second-order valence-electron chi connectivity index (χ2n) is 8.00. The summed E-state index contributed by atoms with van der Waals surface area (Å²) in [4.78, 5) is 29.1. The molecule has 0 fully saturated rings. The van der Waals surface area contributed by atoms with Crippen LogP contribution in [0.4, 0.5) is 10.1 Å². The molecule has 0 radical (unpaired) electrons. The van der Waals surface area contributed by atoms with E-state index in [1.165, 1.54) is 54.1 Å². The van der Waals surface area contributed by atoms with Gasteiger partial charge in [0.15, 0.2) is 14.6 Å². The van der Waals surface area contributed by atoms with Crippen LogP contribution >= 0.6 is 11.3 Å². The Kier molecular flexibility index (Phi) is 7.49. The van der Waals surface area contributed by atoms with Crippen molar-refractivity contribution in [2.24, 2.45) is 4.99 Å². The average Bonchev–Trinajstić information content (AvgIpc) is 3.19. The number of ether oxygens (including phenoxy) is 1. The first kappa shape index (κ1) is 27.2. The van der Waals surface area contributed by atoms with E-state index in [1.54, 1.807) is 0 Å². The van der Waals surface area contributed by atoms with Gasteiger partial charge in [0.05, 0.1) is 27.1 Å². The van der Waals surface area contributed by atoms with Gasteiger partial charge < -0.3 is 9.30 Å². The van der Waals surface area contributed by atoms with Crippen molar-refractivity contribution in [2.75, 3.05) is 18.1 Å². The van der Waals surface area contributed by atoms with Crippen molar-refractivity contribution in [3.8, 4) is 0 Å². The Bertz CT molecular complexity index is 1830. The van der Waals surface area contributed by atoms with E-state index in [-0.39, 0.29) is 32.4 Å². The maximum atomic E-state index is 13.1. The van der Waals surface area contributed by atoms with E-state index < -0.39 is 37.6 Å². The van der Waals surface area contributed by atoms with E-state index in [0.717, 1.165) is 41.9 Å². The number of rotatable bonds is 7. The summed E-state index contributed by atoms with van der Waals surface area (Å²) in [5, 5.41) is 0. The number of carbonyl (C=O) groups is 2. The fourth-order valence-electron chi connectivity index (χ4n) is 3.38. The summed E-state index contributed by atoms with van der Waals surface area (Å²) < 4.78 is 71.0. The number of aromatic nitrogens is 1. The number of carbonyl (C=O) groups excluding carboxylic acids is 2. The number of nitrogens with zero attached hydrogens (tertiary/aromatic N) is 2. The van der Waals surface area contributed by atoms with Crippen LogP contribution in [-0.2, 0) is 35.9 Å². The van der Waals surface area contributed by atoms with Crippen LogP contribution in [0.2, 0.25) is 0 Å². The van der Waals surface area contributed by atoms with Crippen LogP contribution < -0.4 is 9.52 Å². The van der Waals surface area contributed by atoms with Crippen LogP contribution in [0.1, 0.15) is 10.4 Å². The molecule has 0 saturated heterocycles. The van der Waals surface area contributed by atoms with Crippen LogP contribution in [0.25, 0.3) is 10.2 Å². The molecule has 0 spiro atoms. The highest BCUT2D eigenvalue weighted by atomic mass is 32.2. The Hall–Kier alpha value is -3.88. The van der Waals surface area contributed by atoms with Gasteiger partial charge in [0.2, 0.25) is 0 Å². The zero-order valence-corrected chi connectivity index (χ0v) is 22.4. The lowest BCUT2D eigenvalue weighted by Gasteiger charge is -2.08. The molecule has 1 amide bonds. The Balaban J connectivity index is 1.66. The van der Waals surface area contributed by atoms with E-state index in [2.05, 4.69) is 9.71 Å². The molecule has 0 aliphatic rings. The van der Waals surface area contributed by atoms with Gasteiger partial charge in [-0.25, -0.2) is 21.2 Å². The molecule has 14 heteroatoms. The third kappa shape index (κ3) is 5.98. The molecule has 0 bridgehead atoms. The first-order valence-electron chi connectivity index (χ1n) is 10.8. The summed E-state index contributed by atoms with van der Waals surface area (Å²) in [6.07, 6.45) is 1.07. The number of hydrogen-bond donors (Lipinski definition) is 1. The molecule has 10 nitrogen and oxygen atoms in total. The first-order chi connectivity index (χ1) is 17.9. The summed E-state index contributed by atoms with van der Waals surface area (Å²) in [6.45, 7) is -0.259. The Morgan fingerprint density at radius 1 is 0.974 bits per heavy atom. The first-order valence-corrected chi connectivity index (χ1v) is 14.9. The molecule has 198 valence electrons. The molecule has 0 atom stereocenters. The number of sulfonamides is 1. The topological polar surface area (TPSA) is 141 Å². The SMILES string of the molecule is COC(=O)Cn1c(=NC(=O)c2ccc(NS(=O)(=O)c3ccc(F)cc3)cc2)sc2cc(S(C)(=O)=O)ccc21. The summed E-state index contributed by atoms with van der Waals surface area (Å²) >= 11 is 1.02. The minimum atomic E-state index is -3.97. The van der Waals surface area contributed by atoms with Gasteiger partial charge in [0.1, 0.15) is 12.4 Å². The third-order valence-corrected chi connectivity index (χ3v) is 8.85. The lowest BCUT2D eigenvalue weighted by atomic mass is 10.2.